The molecule has 1 aliphatic carbocycles. The fraction of sp³-hybridized carbons (Fsp3) is 0.368. The van der Waals surface area contributed by atoms with E-state index < -0.39 is 0 Å². The summed E-state index contributed by atoms with van der Waals surface area (Å²) in [4.78, 5) is 13.7. The Labute approximate surface area is 146 Å². The Morgan fingerprint density at radius 1 is 1.04 bits per heavy atom. The van der Waals surface area contributed by atoms with Crippen LogP contribution in [0.1, 0.15) is 48.7 Å². The molecule has 0 radical (unpaired) electrons. The van der Waals surface area contributed by atoms with E-state index in [-0.39, 0.29) is 6.04 Å². The average Bonchev–Trinajstić information content (AvgIpc) is 3.12. The van der Waals surface area contributed by atoms with Crippen LogP contribution >= 0.6 is 0 Å². The van der Waals surface area contributed by atoms with E-state index in [0.29, 0.717) is 11.7 Å². The van der Waals surface area contributed by atoms with Gasteiger partial charge >= 0.3 is 0 Å². The lowest BCUT2D eigenvalue weighted by Gasteiger charge is -2.20. The SMILES string of the molecule is Cc1nc2c(c(NC(C)c3noc(-c4ccccc4)n3)n1)CCCC2. The molecule has 0 fully saturated rings. The summed E-state index contributed by atoms with van der Waals surface area (Å²) in [6.07, 6.45) is 4.43. The quantitative estimate of drug-likeness (QED) is 0.779. The number of hydrogen-bond acceptors (Lipinski definition) is 6. The molecule has 2 aromatic heterocycles. The molecular weight excluding hydrogens is 314 g/mol. The number of aromatic nitrogens is 4. The molecule has 1 aliphatic rings. The second kappa shape index (κ2) is 6.63. The van der Waals surface area contributed by atoms with Crippen LogP contribution in [0.5, 0.6) is 0 Å². The van der Waals surface area contributed by atoms with Crippen molar-refractivity contribution >= 4 is 5.82 Å². The number of hydrogen-bond donors (Lipinski definition) is 1. The van der Waals surface area contributed by atoms with E-state index in [9.17, 15) is 0 Å². The lowest BCUT2D eigenvalue weighted by atomic mass is 9.96. The molecule has 0 spiro atoms. The van der Waals surface area contributed by atoms with E-state index in [0.717, 1.165) is 30.0 Å². The van der Waals surface area contributed by atoms with Crippen LogP contribution in [-0.2, 0) is 12.8 Å². The summed E-state index contributed by atoms with van der Waals surface area (Å²) in [5.41, 5.74) is 3.32. The highest BCUT2D eigenvalue weighted by Crippen LogP contribution is 2.28. The molecule has 6 nitrogen and oxygen atoms in total. The molecule has 0 saturated heterocycles. The molecule has 3 aromatic rings. The molecule has 6 heteroatoms. The van der Waals surface area contributed by atoms with Crippen LogP contribution in [0.2, 0.25) is 0 Å². The summed E-state index contributed by atoms with van der Waals surface area (Å²) in [7, 11) is 0. The fourth-order valence-electron chi connectivity index (χ4n) is 3.22. The standard InChI is InChI=1S/C19H21N5O/c1-12(17-23-19(25-24-17)14-8-4-3-5-9-14)20-18-15-10-6-7-11-16(15)21-13(2)22-18/h3-5,8-9,12H,6-7,10-11H2,1-2H3,(H,20,21,22). The van der Waals surface area contributed by atoms with Gasteiger partial charge in [0.25, 0.3) is 5.89 Å². The summed E-state index contributed by atoms with van der Waals surface area (Å²) in [5.74, 6) is 2.86. The van der Waals surface area contributed by atoms with Gasteiger partial charge in [-0.25, -0.2) is 9.97 Å². The maximum absolute atomic E-state index is 5.41. The maximum atomic E-state index is 5.41. The van der Waals surface area contributed by atoms with Crippen LogP contribution in [0.4, 0.5) is 5.82 Å². The second-order valence-corrected chi connectivity index (χ2v) is 6.44. The topological polar surface area (TPSA) is 76.7 Å². The van der Waals surface area contributed by atoms with Gasteiger partial charge in [0.05, 0.1) is 6.04 Å². The van der Waals surface area contributed by atoms with Gasteiger partial charge in [0, 0.05) is 16.8 Å². The van der Waals surface area contributed by atoms with Crippen molar-refractivity contribution in [3.05, 3.63) is 53.2 Å². The highest BCUT2D eigenvalue weighted by Gasteiger charge is 2.20. The van der Waals surface area contributed by atoms with Crippen LogP contribution in [-0.4, -0.2) is 20.1 Å². The van der Waals surface area contributed by atoms with Crippen LogP contribution in [0.25, 0.3) is 11.5 Å². The van der Waals surface area contributed by atoms with E-state index in [4.69, 9.17) is 4.52 Å². The van der Waals surface area contributed by atoms with Crippen molar-refractivity contribution in [1.29, 1.82) is 0 Å². The van der Waals surface area contributed by atoms with Crippen molar-refractivity contribution < 1.29 is 4.52 Å². The minimum atomic E-state index is -0.0958. The summed E-state index contributed by atoms with van der Waals surface area (Å²) in [6, 6.07) is 9.69. The monoisotopic (exact) mass is 335 g/mol. The lowest BCUT2D eigenvalue weighted by molar-refractivity contribution is 0.419. The first-order chi connectivity index (χ1) is 12.2. The number of benzene rings is 1. The zero-order valence-corrected chi connectivity index (χ0v) is 14.5. The van der Waals surface area contributed by atoms with Gasteiger partial charge in [-0.1, -0.05) is 23.4 Å². The van der Waals surface area contributed by atoms with Crippen LogP contribution in [0.3, 0.4) is 0 Å². The highest BCUT2D eigenvalue weighted by atomic mass is 16.5. The van der Waals surface area contributed by atoms with Gasteiger partial charge in [-0.15, -0.1) is 0 Å². The Hall–Kier alpha value is -2.76. The first-order valence-corrected chi connectivity index (χ1v) is 8.72. The number of nitrogens with zero attached hydrogens (tertiary/aromatic N) is 4. The largest absolute Gasteiger partial charge is 0.360 e. The summed E-state index contributed by atoms with van der Waals surface area (Å²) >= 11 is 0. The molecule has 1 aromatic carbocycles. The predicted octanol–water partition coefficient (Wildman–Crippen LogP) is 3.89. The summed E-state index contributed by atoms with van der Waals surface area (Å²) in [5, 5.41) is 7.59. The lowest BCUT2D eigenvalue weighted by Crippen LogP contribution is -2.16. The van der Waals surface area contributed by atoms with E-state index >= 15 is 0 Å². The molecule has 0 saturated carbocycles. The van der Waals surface area contributed by atoms with E-state index in [1.165, 1.54) is 24.1 Å². The third-order valence-corrected chi connectivity index (χ3v) is 4.50. The van der Waals surface area contributed by atoms with Gasteiger partial charge in [-0.05, 0) is 51.7 Å². The molecule has 128 valence electrons. The van der Waals surface area contributed by atoms with Gasteiger partial charge in [0.15, 0.2) is 5.82 Å². The molecule has 1 atom stereocenters. The first kappa shape index (κ1) is 15.7. The molecule has 1 unspecified atom stereocenters. The third kappa shape index (κ3) is 3.24. The van der Waals surface area contributed by atoms with Crippen molar-refractivity contribution in [3.8, 4) is 11.5 Å². The Morgan fingerprint density at radius 3 is 2.68 bits per heavy atom. The van der Waals surface area contributed by atoms with Gasteiger partial charge in [-0.3, -0.25) is 0 Å². The third-order valence-electron chi connectivity index (χ3n) is 4.50. The molecule has 1 N–H and O–H groups in total. The maximum Gasteiger partial charge on any atom is 0.257 e. The molecule has 25 heavy (non-hydrogen) atoms. The number of aryl methyl sites for hydroxylation is 2. The molecule has 0 amide bonds. The van der Waals surface area contributed by atoms with Crippen molar-refractivity contribution in [1.82, 2.24) is 20.1 Å². The molecule has 0 bridgehead atoms. The molecular formula is C19H21N5O. The number of fused-ring (bicyclic) bond motifs is 1. The highest BCUT2D eigenvalue weighted by molar-refractivity contribution is 5.53. The van der Waals surface area contributed by atoms with Crippen LogP contribution in [0, 0.1) is 6.92 Å². The van der Waals surface area contributed by atoms with E-state index in [2.05, 4.69) is 25.4 Å². The Kier molecular flexibility index (Phi) is 4.17. The minimum Gasteiger partial charge on any atom is -0.360 e. The number of anilines is 1. The van der Waals surface area contributed by atoms with Crippen molar-refractivity contribution in [2.45, 2.75) is 45.6 Å². The van der Waals surface area contributed by atoms with Crippen LogP contribution < -0.4 is 5.32 Å². The van der Waals surface area contributed by atoms with Crippen molar-refractivity contribution in [2.24, 2.45) is 0 Å². The normalized spacial score (nSPS) is 14.8. The first-order valence-electron chi connectivity index (χ1n) is 8.72. The van der Waals surface area contributed by atoms with Crippen molar-refractivity contribution in [3.63, 3.8) is 0 Å². The Balaban J connectivity index is 1.58. The van der Waals surface area contributed by atoms with Crippen molar-refractivity contribution in [2.75, 3.05) is 5.32 Å². The second-order valence-electron chi connectivity index (χ2n) is 6.44. The molecule has 2 heterocycles. The zero-order valence-electron chi connectivity index (χ0n) is 14.5. The number of nitrogens with one attached hydrogen (secondary N) is 1. The van der Waals surface area contributed by atoms with Gasteiger partial charge < -0.3 is 9.84 Å². The molecule has 0 aliphatic heterocycles. The van der Waals surface area contributed by atoms with E-state index in [1.54, 1.807) is 0 Å². The smallest absolute Gasteiger partial charge is 0.257 e. The summed E-state index contributed by atoms with van der Waals surface area (Å²) in [6.45, 7) is 3.96. The van der Waals surface area contributed by atoms with Gasteiger partial charge in [-0.2, -0.15) is 4.98 Å². The fourth-order valence-corrected chi connectivity index (χ4v) is 3.22. The predicted molar refractivity (Wildman–Crippen MR) is 95.2 cm³/mol. The average molecular weight is 335 g/mol. The number of rotatable bonds is 4. The summed E-state index contributed by atoms with van der Waals surface area (Å²) < 4.78 is 5.41. The minimum absolute atomic E-state index is 0.0958. The van der Waals surface area contributed by atoms with Gasteiger partial charge in [0.1, 0.15) is 11.6 Å². The Bertz CT molecular complexity index is 875. The van der Waals surface area contributed by atoms with E-state index in [1.807, 2.05) is 44.2 Å². The molecule has 4 rings (SSSR count). The van der Waals surface area contributed by atoms with Crippen LogP contribution in [0.15, 0.2) is 34.9 Å². The zero-order chi connectivity index (χ0) is 17.2. The van der Waals surface area contributed by atoms with Gasteiger partial charge in [0.2, 0.25) is 0 Å². The Morgan fingerprint density at radius 2 is 1.84 bits per heavy atom.